The highest BCUT2D eigenvalue weighted by Crippen LogP contribution is 2.24. The molecular weight excluding hydrogens is 374 g/mol. The summed E-state index contributed by atoms with van der Waals surface area (Å²) in [6, 6.07) is 10.7. The van der Waals surface area contributed by atoms with Gasteiger partial charge in [-0.1, -0.05) is 18.2 Å². The Balaban J connectivity index is 1.47. The summed E-state index contributed by atoms with van der Waals surface area (Å²) in [5, 5.41) is 0. The van der Waals surface area contributed by atoms with Gasteiger partial charge in [0, 0.05) is 45.3 Å². The predicted molar refractivity (Wildman–Crippen MR) is 110 cm³/mol. The van der Waals surface area contributed by atoms with Crippen LogP contribution in [0, 0.1) is 6.92 Å². The molecule has 2 aliphatic heterocycles. The van der Waals surface area contributed by atoms with Gasteiger partial charge in [-0.2, -0.15) is 4.31 Å². The number of rotatable bonds is 4. The molecule has 28 heavy (non-hydrogen) atoms. The van der Waals surface area contributed by atoms with Crippen molar-refractivity contribution in [3.63, 3.8) is 0 Å². The van der Waals surface area contributed by atoms with E-state index >= 15 is 0 Å². The molecule has 0 aliphatic carbocycles. The smallest absolute Gasteiger partial charge is 0.243 e. The second-order valence-corrected chi connectivity index (χ2v) is 9.32. The third-order valence-corrected chi connectivity index (χ3v) is 7.35. The Kier molecular flexibility index (Phi) is 5.50. The Hall–Kier alpha value is -2.19. The van der Waals surface area contributed by atoms with E-state index in [1.165, 1.54) is 19.3 Å². The summed E-state index contributed by atoms with van der Waals surface area (Å²) in [5.41, 5.74) is 0. The van der Waals surface area contributed by atoms with Gasteiger partial charge >= 0.3 is 0 Å². The summed E-state index contributed by atoms with van der Waals surface area (Å²) in [7, 11) is -3.44. The standard InChI is InChI=1S/C20H27N5O2S/c1-17-21-19(23-10-6-3-7-11-23)16-20(22-17)24-12-14-25(15-13-24)28(26,27)18-8-4-2-5-9-18/h2,4-5,8-9,16H,3,6-7,10-15H2,1H3. The molecule has 0 unspecified atom stereocenters. The molecule has 150 valence electrons. The van der Waals surface area contributed by atoms with Crippen molar-refractivity contribution in [2.45, 2.75) is 31.1 Å². The molecule has 0 spiro atoms. The van der Waals surface area contributed by atoms with Crippen LogP contribution >= 0.6 is 0 Å². The van der Waals surface area contributed by atoms with Crippen LogP contribution in [0.4, 0.5) is 11.6 Å². The molecule has 2 aromatic rings. The fraction of sp³-hybridized carbons (Fsp3) is 0.500. The quantitative estimate of drug-likeness (QED) is 0.783. The third-order valence-electron chi connectivity index (χ3n) is 5.43. The van der Waals surface area contributed by atoms with Crippen LogP contribution < -0.4 is 9.80 Å². The Morgan fingerprint density at radius 1 is 0.786 bits per heavy atom. The molecular formula is C20H27N5O2S. The molecule has 0 bridgehead atoms. The highest BCUT2D eigenvalue weighted by atomic mass is 32.2. The monoisotopic (exact) mass is 401 g/mol. The van der Waals surface area contributed by atoms with E-state index in [4.69, 9.17) is 0 Å². The van der Waals surface area contributed by atoms with Crippen LogP contribution in [-0.4, -0.2) is 62.0 Å². The van der Waals surface area contributed by atoms with Crippen molar-refractivity contribution >= 4 is 21.7 Å². The fourth-order valence-electron chi connectivity index (χ4n) is 3.88. The molecule has 0 radical (unpaired) electrons. The van der Waals surface area contributed by atoms with Crippen LogP contribution in [-0.2, 0) is 10.0 Å². The van der Waals surface area contributed by atoms with Gasteiger partial charge in [0.2, 0.25) is 10.0 Å². The zero-order valence-corrected chi connectivity index (χ0v) is 17.1. The maximum absolute atomic E-state index is 12.8. The van der Waals surface area contributed by atoms with Crippen molar-refractivity contribution < 1.29 is 8.42 Å². The second kappa shape index (κ2) is 8.05. The Morgan fingerprint density at radius 3 is 1.96 bits per heavy atom. The summed E-state index contributed by atoms with van der Waals surface area (Å²) in [6.07, 6.45) is 3.69. The number of sulfonamides is 1. The van der Waals surface area contributed by atoms with E-state index in [2.05, 4.69) is 25.8 Å². The fourth-order valence-corrected chi connectivity index (χ4v) is 5.33. The SMILES string of the molecule is Cc1nc(N2CCCCC2)cc(N2CCN(S(=O)(=O)c3ccccc3)CC2)n1. The minimum atomic E-state index is -3.44. The molecule has 4 rings (SSSR count). The van der Waals surface area contributed by atoms with Gasteiger partial charge in [-0.3, -0.25) is 0 Å². The van der Waals surface area contributed by atoms with E-state index in [9.17, 15) is 8.42 Å². The van der Waals surface area contributed by atoms with E-state index in [1.54, 1.807) is 28.6 Å². The van der Waals surface area contributed by atoms with E-state index < -0.39 is 10.0 Å². The molecule has 1 aromatic heterocycles. The zero-order valence-electron chi connectivity index (χ0n) is 16.3. The molecule has 0 N–H and O–H groups in total. The van der Waals surface area contributed by atoms with Crippen LogP contribution in [0.2, 0.25) is 0 Å². The van der Waals surface area contributed by atoms with Crippen LogP contribution in [0.3, 0.4) is 0 Å². The molecule has 3 heterocycles. The predicted octanol–water partition coefficient (Wildman–Crippen LogP) is 2.29. The van der Waals surface area contributed by atoms with E-state index in [0.29, 0.717) is 31.1 Å². The zero-order chi connectivity index (χ0) is 19.6. The molecule has 8 heteroatoms. The molecule has 0 atom stereocenters. The first-order chi connectivity index (χ1) is 13.5. The van der Waals surface area contributed by atoms with Crippen LogP contribution in [0.5, 0.6) is 0 Å². The van der Waals surface area contributed by atoms with E-state index in [1.807, 2.05) is 13.0 Å². The average Bonchev–Trinajstić information content (AvgIpc) is 2.75. The number of aryl methyl sites for hydroxylation is 1. The molecule has 0 amide bonds. The number of nitrogens with zero attached hydrogens (tertiary/aromatic N) is 5. The average molecular weight is 402 g/mol. The number of benzene rings is 1. The number of hydrogen-bond acceptors (Lipinski definition) is 6. The van der Waals surface area contributed by atoms with E-state index in [0.717, 1.165) is 30.5 Å². The van der Waals surface area contributed by atoms with Gasteiger partial charge in [0.05, 0.1) is 4.90 Å². The van der Waals surface area contributed by atoms with Gasteiger partial charge in [-0.15, -0.1) is 0 Å². The Labute approximate surface area is 167 Å². The van der Waals surface area contributed by atoms with Crippen LogP contribution in [0.1, 0.15) is 25.1 Å². The second-order valence-electron chi connectivity index (χ2n) is 7.38. The highest BCUT2D eigenvalue weighted by molar-refractivity contribution is 7.89. The van der Waals surface area contributed by atoms with Gasteiger partial charge in [0.25, 0.3) is 0 Å². The minimum absolute atomic E-state index is 0.355. The van der Waals surface area contributed by atoms with Gasteiger partial charge in [-0.05, 0) is 38.3 Å². The molecule has 1 aromatic carbocycles. The maximum Gasteiger partial charge on any atom is 0.243 e. The lowest BCUT2D eigenvalue weighted by Gasteiger charge is -2.35. The molecule has 2 fully saturated rings. The molecule has 0 saturated carbocycles. The van der Waals surface area contributed by atoms with Crippen molar-refractivity contribution in [2.24, 2.45) is 0 Å². The van der Waals surface area contributed by atoms with Crippen molar-refractivity contribution in [1.82, 2.24) is 14.3 Å². The summed E-state index contributed by atoms with van der Waals surface area (Å²) in [5.74, 6) is 2.64. The number of piperazine rings is 1. The number of anilines is 2. The summed E-state index contributed by atoms with van der Waals surface area (Å²) in [4.78, 5) is 14.1. The normalized spacial score (nSPS) is 19.0. The first kappa shape index (κ1) is 19.1. The maximum atomic E-state index is 12.8. The lowest BCUT2D eigenvalue weighted by atomic mass is 10.1. The highest BCUT2D eigenvalue weighted by Gasteiger charge is 2.29. The summed E-state index contributed by atoms with van der Waals surface area (Å²) < 4.78 is 27.2. The lowest BCUT2D eigenvalue weighted by Crippen LogP contribution is -2.49. The van der Waals surface area contributed by atoms with Crippen molar-refractivity contribution in [3.8, 4) is 0 Å². The molecule has 2 saturated heterocycles. The Morgan fingerprint density at radius 2 is 1.36 bits per heavy atom. The summed E-state index contributed by atoms with van der Waals surface area (Å²) in [6.45, 7) is 6.17. The molecule has 2 aliphatic rings. The number of hydrogen-bond donors (Lipinski definition) is 0. The van der Waals surface area contributed by atoms with Crippen molar-refractivity contribution in [3.05, 3.63) is 42.2 Å². The summed E-state index contributed by atoms with van der Waals surface area (Å²) >= 11 is 0. The van der Waals surface area contributed by atoms with E-state index in [-0.39, 0.29) is 0 Å². The van der Waals surface area contributed by atoms with Crippen molar-refractivity contribution in [2.75, 3.05) is 49.1 Å². The van der Waals surface area contributed by atoms with Gasteiger partial charge in [0.15, 0.2) is 0 Å². The van der Waals surface area contributed by atoms with Gasteiger partial charge < -0.3 is 9.80 Å². The van der Waals surface area contributed by atoms with Gasteiger partial charge in [-0.25, -0.2) is 18.4 Å². The van der Waals surface area contributed by atoms with Crippen LogP contribution in [0.15, 0.2) is 41.3 Å². The minimum Gasteiger partial charge on any atom is -0.356 e. The first-order valence-corrected chi connectivity index (χ1v) is 11.4. The van der Waals surface area contributed by atoms with Crippen LogP contribution in [0.25, 0.3) is 0 Å². The molecule has 7 nitrogen and oxygen atoms in total. The van der Waals surface area contributed by atoms with Gasteiger partial charge in [0.1, 0.15) is 17.5 Å². The number of aromatic nitrogens is 2. The number of piperidine rings is 1. The van der Waals surface area contributed by atoms with Crippen molar-refractivity contribution in [1.29, 1.82) is 0 Å². The largest absolute Gasteiger partial charge is 0.356 e. The Bertz CT molecular complexity index is 905. The lowest BCUT2D eigenvalue weighted by molar-refractivity contribution is 0.383. The topological polar surface area (TPSA) is 69.6 Å². The third kappa shape index (κ3) is 3.98. The first-order valence-electron chi connectivity index (χ1n) is 9.95.